The Labute approximate surface area is 98.5 Å². The molecule has 2 unspecified atom stereocenters. The first-order chi connectivity index (χ1) is 7.09. The van der Waals surface area contributed by atoms with Gasteiger partial charge in [-0.15, -0.1) is 0 Å². The molecular formula is C12H25NOS. The lowest BCUT2D eigenvalue weighted by atomic mass is 9.92. The summed E-state index contributed by atoms with van der Waals surface area (Å²) in [5, 5.41) is 3.59. The molecule has 0 radical (unpaired) electrons. The summed E-state index contributed by atoms with van der Waals surface area (Å²) in [4.78, 5) is 0. The lowest BCUT2D eigenvalue weighted by molar-refractivity contribution is 0.0103. The van der Waals surface area contributed by atoms with E-state index in [1.165, 1.54) is 17.9 Å². The number of rotatable bonds is 6. The summed E-state index contributed by atoms with van der Waals surface area (Å²) >= 11 is 2.09. The molecule has 1 fully saturated rings. The summed E-state index contributed by atoms with van der Waals surface area (Å²) in [5.74, 6) is 3.44. The predicted octanol–water partition coefficient (Wildman–Crippen LogP) is 2.53. The normalized spacial score (nSPS) is 27.2. The van der Waals surface area contributed by atoms with Gasteiger partial charge in [-0.25, -0.2) is 0 Å². The number of hydrogen-bond acceptors (Lipinski definition) is 3. The maximum atomic E-state index is 5.47. The second-order valence-corrected chi connectivity index (χ2v) is 6.04. The highest BCUT2D eigenvalue weighted by atomic mass is 32.2. The average Bonchev–Trinajstić information content (AvgIpc) is 2.64. The summed E-state index contributed by atoms with van der Waals surface area (Å²) < 4.78 is 5.47. The monoisotopic (exact) mass is 231 g/mol. The summed E-state index contributed by atoms with van der Waals surface area (Å²) in [6.07, 6.45) is 2.45. The summed E-state index contributed by atoms with van der Waals surface area (Å²) in [7, 11) is 1.81. The van der Waals surface area contributed by atoms with Crippen molar-refractivity contribution >= 4 is 11.8 Å². The van der Waals surface area contributed by atoms with Crippen molar-refractivity contribution in [2.24, 2.45) is 5.92 Å². The largest absolute Gasteiger partial charge is 0.379 e. The van der Waals surface area contributed by atoms with E-state index in [2.05, 4.69) is 37.8 Å². The zero-order chi connectivity index (χ0) is 11.3. The molecule has 0 aliphatic carbocycles. The molecule has 2 nitrogen and oxygen atoms in total. The molecule has 1 N–H and O–H groups in total. The quantitative estimate of drug-likeness (QED) is 0.759. The first-order valence-corrected chi connectivity index (χ1v) is 7.11. The molecule has 1 aliphatic rings. The van der Waals surface area contributed by atoms with E-state index in [1.54, 1.807) is 0 Å². The maximum Gasteiger partial charge on any atom is 0.0622 e. The molecule has 0 aromatic carbocycles. The molecule has 0 amide bonds. The molecule has 0 bridgehead atoms. The van der Waals surface area contributed by atoms with Crippen LogP contribution in [-0.2, 0) is 4.74 Å². The lowest BCUT2D eigenvalue weighted by Gasteiger charge is -2.26. The third-order valence-corrected chi connectivity index (χ3v) is 4.59. The Morgan fingerprint density at radius 3 is 2.73 bits per heavy atom. The van der Waals surface area contributed by atoms with Gasteiger partial charge in [0.05, 0.1) is 5.60 Å². The summed E-state index contributed by atoms with van der Waals surface area (Å²) in [5.41, 5.74) is 0.0457. The van der Waals surface area contributed by atoms with Crippen molar-refractivity contribution in [2.75, 3.05) is 25.2 Å². The molecule has 0 aromatic heterocycles. The molecule has 0 aromatic rings. The van der Waals surface area contributed by atoms with Crippen LogP contribution in [0.5, 0.6) is 0 Å². The number of methoxy groups -OCH3 is 1. The molecule has 0 saturated carbocycles. The highest BCUT2D eigenvalue weighted by Crippen LogP contribution is 2.30. The van der Waals surface area contributed by atoms with Gasteiger partial charge in [0, 0.05) is 18.9 Å². The molecule has 15 heavy (non-hydrogen) atoms. The van der Waals surface area contributed by atoms with E-state index >= 15 is 0 Å². The fourth-order valence-corrected chi connectivity index (χ4v) is 3.49. The van der Waals surface area contributed by atoms with E-state index < -0.39 is 0 Å². The maximum absolute atomic E-state index is 5.47. The van der Waals surface area contributed by atoms with Gasteiger partial charge in [0.1, 0.15) is 0 Å². The molecule has 1 rings (SSSR count). The Morgan fingerprint density at radius 2 is 2.13 bits per heavy atom. The fourth-order valence-electron chi connectivity index (χ4n) is 2.01. The van der Waals surface area contributed by atoms with E-state index in [4.69, 9.17) is 4.74 Å². The van der Waals surface area contributed by atoms with Crippen LogP contribution >= 0.6 is 11.8 Å². The Bertz CT molecular complexity index is 184. The van der Waals surface area contributed by atoms with Crippen LogP contribution in [0.25, 0.3) is 0 Å². The Morgan fingerprint density at radius 1 is 1.40 bits per heavy atom. The van der Waals surface area contributed by atoms with Crippen LogP contribution in [0.1, 0.15) is 33.6 Å². The van der Waals surface area contributed by atoms with Crippen LogP contribution in [0.2, 0.25) is 0 Å². The SMILES string of the molecule is CCNC1CSCC1CCC(C)(C)OC. The van der Waals surface area contributed by atoms with Gasteiger partial charge in [-0.3, -0.25) is 0 Å². The minimum absolute atomic E-state index is 0.0457. The Kier molecular flexibility index (Phi) is 5.44. The molecule has 1 saturated heterocycles. The van der Waals surface area contributed by atoms with Gasteiger partial charge >= 0.3 is 0 Å². The third-order valence-electron chi connectivity index (χ3n) is 3.33. The van der Waals surface area contributed by atoms with Gasteiger partial charge in [0.25, 0.3) is 0 Å². The lowest BCUT2D eigenvalue weighted by Crippen LogP contribution is -2.36. The van der Waals surface area contributed by atoms with E-state index in [-0.39, 0.29) is 5.60 Å². The predicted molar refractivity (Wildman–Crippen MR) is 68.6 cm³/mol. The average molecular weight is 231 g/mol. The second-order valence-electron chi connectivity index (χ2n) is 4.96. The van der Waals surface area contributed by atoms with Crippen molar-refractivity contribution in [1.82, 2.24) is 5.32 Å². The van der Waals surface area contributed by atoms with Gasteiger partial charge < -0.3 is 10.1 Å². The van der Waals surface area contributed by atoms with Gasteiger partial charge in [-0.2, -0.15) is 11.8 Å². The number of hydrogen-bond donors (Lipinski definition) is 1. The smallest absolute Gasteiger partial charge is 0.0622 e. The van der Waals surface area contributed by atoms with Crippen LogP contribution in [0, 0.1) is 5.92 Å². The minimum Gasteiger partial charge on any atom is -0.379 e. The molecule has 90 valence electrons. The van der Waals surface area contributed by atoms with Crippen LogP contribution in [0.3, 0.4) is 0 Å². The van der Waals surface area contributed by atoms with Crippen LogP contribution in [-0.4, -0.2) is 36.8 Å². The van der Waals surface area contributed by atoms with E-state index in [9.17, 15) is 0 Å². The topological polar surface area (TPSA) is 21.3 Å². The number of nitrogens with one attached hydrogen (secondary N) is 1. The van der Waals surface area contributed by atoms with Crippen molar-refractivity contribution in [3.05, 3.63) is 0 Å². The molecule has 1 aliphatic heterocycles. The van der Waals surface area contributed by atoms with E-state index in [1.807, 2.05) is 7.11 Å². The van der Waals surface area contributed by atoms with E-state index in [0.717, 1.165) is 24.9 Å². The number of ether oxygens (including phenoxy) is 1. The first-order valence-electron chi connectivity index (χ1n) is 5.95. The van der Waals surface area contributed by atoms with Crippen molar-refractivity contribution in [2.45, 2.75) is 45.3 Å². The van der Waals surface area contributed by atoms with Crippen molar-refractivity contribution in [3.63, 3.8) is 0 Å². The summed E-state index contributed by atoms with van der Waals surface area (Å²) in [6.45, 7) is 7.64. The zero-order valence-corrected chi connectivity index (χ0v) is 11.3. The fraction of sp³-hybridized carbons (Fsp3) is 1.00. The first kappa shape index (κ1) is 13.3. The minimum atomic E-state index is 0.0457. The molecule has 0 spiro atoms. The summed E-state index contributed by atoms with van der Waals surface area (Å²) in [6, 6.07) is 0.729. The van der Waals surface area contributed by atoms with Gasteiger partial charge in [-0.05, 0) is 44.9 Å². The number of thioether (sulfide) groups is 1. The molecule has 3 heteroatoms. The highest BCUT2D eigenvalue weighted by Gasteiger charge is 2.28. The van der Waals surface area contributed by atoms with Crippen LogP contribution in [0.15, 0.2) is 0 Å². The van der Waals surface area contributed by atoms with Crippen LogP contribution < -0.4 is 5.32 Å². The van der Waals surface area contributed by atoms with Crippen molar-refractivity contribution in [1.29, 1.82) is 0 Å². The van der Waals surface area contributed by atoms with Crippen LogP contribution in [0.4, 0.5) is 0 Å². The third kappa shape index (κ3) is 4.33. The highest BCUT2D eigenvalue weighted by molar-refractivity contribution is 7.99. The van der Waals surface area contributed by atoms with Gasteiger partial charge in [-0.1, -0.05) is 6.92 Å². The van der Waals surface area contributed by atoms with Gasteiger partial charge in [0.15, 0.2) is 0 Å². The second kappa shape index (κ2) is 6.12. The van der Waals surface area contributed by atoms with Gasteiger partial charge in [0.2, 0.25) is 0 Å². The molecule has 2 atom stereocenters. The standard InChI is InChI=1S/C12H25NOS/c1-5-13-11-9-15-8-10(11)6-7-12(2,3)14-4/h10-11,13H,5-9H2,1-4H3. The zero-order valence-electron chi connectivity index (χ0n) is 10.5. The van der Waals surface area contributed by atoms with E-state index in [0.29, 0.717) is 0 Å². The molecular weight excluding hydrogens is 206 g/mol. The Hall–Kier alpha value is 0.270. The molecule has 1 heterocycles. The Balaban J connectivity index is 2.31. The van der Waals surface area contributed by atoms with Crippen molar-refractivity contribution in [3.8, 4) is 0 Å². The van der Waals surface area contributed by atoms with Crippen molar-refractivity contribution < 1.29 is 4.74 Å².